The lowest BCUT2D eigenvalue weighted by molar-refractivity contribution is -0.0472. The van der Waals surface area contributed by atoms with E-state index in [1.807, 2.05) is 26.9 Å². The van der Waals surface area contributed by atoms with E-state index in [-0.39, 0.29) is 17.6 Å². The number of aliphatic hydroxyl groups excluding tert-OH is 1. The Bertz CT molecular complexity index is 926. The van der Waals surface area contributed by atoms with Gasteiger partial charge in [0.15, 0.2) is 16.6 Å². The number of aromatic nitrogens is 2. The molecule has 4 atom stereocenters. The maximum absolute atomic E-state index is 12.7. The predicted molar refractivity (Wildman–Crippen MR) is 131 cm³/mol. The van der Waals surface area contributed by atoms with E-state index in [0.29, 0.717) is 12.0 Å². The minimum atomic E-state index is -2.58. The molecule has 1 aliphatic heterocycles. The van der Waals surface area contributed by atoms with E-state index in [9.17, 15) is 19.5 Å². The van der Waals surface area contributed by atoms with Crippen LogP contribution in [0.25, 0.3) is 0 Å². The van der Waals surface area contributed by atoms with Crippen molar-refractivity contribution < 1.29 is 19.1 Å². The molecule has 0 spiro atoms. The molecule has 1 fully saturated rings. The molecule has 0 amide bonds. The second kappa shape index (κ2) is 8.96. The smallest absolute Gasteiger partial charge is 0.330 e. The fraction of sp³-hybridized carbons (Fsp3) is 0.818. The number of rotatable bonds is 7. The second-order valence-electron chi connectivity index (χ2n) is 11.9. The van der Waals surface area contributed by atoms with Crippen LogP contribution >= 0.6 is 0 Å². The minimum Gasteiger partial charge on any atom is -0.432 e. The van der Waals surface area contributed by atoms with Gasteiger partial charge in [-0.15, -0.1) is 0 Å². The summed E-state index contributed by atoms with van der Waals surface area (Å²) in [4.78, 5) is 38.0. The zero-order chi connectivity index (χ0) is 24.9. The number of aromatic amines is 1. The largest absolute Gasteiger partial charge is 0.432 e. The third-order valence-corrected chi connectivity index (χ3v) is 15.7. The highest BCUT2D eigenvalue weighted by molar-refractivity contribution is 6.74. The van der Waals surface area contributed by atoms with E-state index in [1.165, 1.54) is 10.8 Å². The first-order chi connectivity index (χ1) is 14.3. The minimum absolute atomic E-state index is 0.0540. The van der Waals surface area contributed by atoms with Crippen molar-refractivity contribution >= 4 is 16.6 Å². The first-order valence-electron chi connectivity index (χ1n) is 11.3. The molecule has 2 unspecified atom stereocenters. The van der Waals surface area contributed by atoms with Crippen LogP contribution in [0.15, 0.2) is 15.8 Å². The summed E-state index contributed by atoms with van der Waals surface area (Å²) in [5, 5.41) is 9.71. The first-order valence-corrected chi connectivity index (χ1v) is 17.2. The molecule has 0 saturated carbocycles. The molecule has 3 N–H and O–H groups in total. The van der Waals surface area contributed by atoms with Crippen molar-refractivity contribution in [2.24, 2.45) is 5.92 Å². The van der Waals surface area contributed by atoms with Crippen molar-refractivity contribution in [2.75, 3.05) is 6.61 Å². The summed E-state index contributed by atoms with van der Waals surface area (Å²) in [5.41, 5.74) is -0.589. The summed E-state index contributed by atoms with van der Waals surface area (Å²) in [6.07, 6.45) is 0.281. The Morgan fingerprint density at radius 3 is 2.19 bits per heavy atom. The Morgan fingerprint density at radius 1 is 1.16 bits per heavy atom. The Kier molecular flexibility index (Phi) is 7.61. The quantitative estimate of drug-likeness (QED) is 0.510. The molecular formula is C22H42N2O6Si2. The van der Waals surface area contributed by atoms with Gasteiger partial charge in [0, 0.05) is 17.7 Å². The molecule has 32 heavy (non-hydrogen) atoms. The summed E-state index contributed by atoms with van der Waals surface area (Å²) in [7, 11) is -4.82. The van der Waals surface area contributed by atoms with Crippen molar-refractivity contribution in [1.82, 2.24) is 9.55 Å². The van der Waals surface area contributed by atoms with Crippen LogP contribution in [0.5, 0.6) is 0 Å². The standard InChI is InChI=1S/C22H42N2O6Si2/c1-14-12-24(20(27)23-18(14)26)19-15(11-22(5,6)31(7,8)28)17(16(13-25)29-19)30-32(9,10)21(2,3)4/h12,15-17,19,25,28H,11,13H2,1-10H3,(H,23,26,27)/t15?,16-,17?,19-/m1/s1. The van der Waals surface area contributed by atoms with Crippen LogP contribution in [-0.2, 0) is 9.16 Å². The van der Waals surface area contributed by atoms with Gasteiger partial charge in [0.1, 0.15) is 12.3 Å². The molecule has 0 aliphatic carbocycles. The summed E-state index contributed by atoms with van der Waals surface area (Å²) >= 11 is 0. The molecule has 0 aromatic carbocycles. The third-order valence-electron chi connectivity index (χ3n) is 7.71. The first kappa shape index (κ1) is 27.2. The van der Waals surface area contributed by atoms with Gasteiger partial charge in [0.25, 0.3) is 5.56 Å². The van der Waals surface area contributed by atoms with E-state index in [1.54, 1.807) is 6.92 Å². The average Bonchev–Trinajstić information content (AvgIpc) is 2.92. The Labute approximate surface area is 193 Å². The van der Waals surface area contributed by atoms with Gasteiger partial charge in [-0.1, -0.05) is 34.6 Å². The molecule has 10 heteroatoms. The van der Waals surface area contributed by atoms with Crippen LogP contribution in [0.1, 0.15) is 52.8 Å². The maximum Gasteiger partial charge on any atom is 0.330 e. The summed E-state index contributed by atoms with van der Waals surface area (Å²) in [6.45, 7) is 20.0. The van der Waals surface area contributed by atoms with Crippen molar-refractivity contribution in [3.8, 4) is 0 Å². The number of nitrogens with zero attached hydrogens (tertiary/aromatic N) is 1. The highest BCUT2D eigenvalue weighted by Crippen LogP contribution is 2.50. The lowest BCUT2D eigenvalue weighted by Gasteiger charge is -2.43. The van der Waals surface area contributed by atoms with Gasteiger partial charge in [0.2, 0.25) is 0 Å². The Balaban J connectivity index is 2.62. The van der Waals surface area contributed by atoms with Gasteiger partial charge in [-0.3, -0.25) is 14.3 Å². The summed E-state index contributed by atoms with van der Waals surface area (Å²) < 4.78 is 14.4. The Morgan fingerprint density at radius 2 is 1.72 bits per heavy atom. The topological polar surface area (TPSA) is 114 Å². The molecule has 1 aromatic heterocycles. The zero-order valence-electron chi connectivity index (χ0n) is 21.3. The lowest BCUT2D eigenvalue weighted by atomic mass is 9.89. The molecule has 1 aromatic rings. The Hall–Kier alpha value is -1.05. The number of H-pyrrole nitrogens is 1. The SMILES string of the molecule is Cc1cn([C@@H]2O[C@H](CO)C(O[Si](C)(C)C(C)(C)C)C2CC(C)(C)[Si](C)(C)O)c(=O)[nH]c1=O. The number of hydrogen-bond donors (Lipinski definition) is 3. The monoisotopic (exact) mass is 486 g/mol. The van der Waals surface area contributed by atoms with Gasteiger partial charge in [0.05, 0.1) is 12.7 Å². The van der Waals surface area contributed by atoms with E-state index in [0.717, 1.165) is 0 Å². The molecular weight excluding hydrogens is 444 g/mol. The van der Waals surface area contributed by atoms with Crippen LogP contribution in [0.2, 0.25) is 36.3 Å². The molecule has 0 radical (unpaired) electrons. The van der Waals surface area contributed by atoms with E-state index in [2.05, 4.69) is 38.8 Å². The molecule has 1 aliphatic rings. The number of ether oxygens (including phenoxy) is 1. The normalized spacial score (nSPS) is 25.4. The van der Waals surface area contributed by atoms with Crippen molar-refractivity contribution in [1.29, 1.82) is 0 Å². The van der Waals surface area contributed by atoms with Crippen molar-refractivity contribution in [3.63, 3.8) is 0 Å². The van der Waals surface area contributed by atoms with Crippen LogP contribution in [0, 0.1) is 12.8 Å². The molecule has 184 valence electrons. The van der Waals surface area contributed by atoms with Gasteiger partial charge in [-0.05, 0) is 49.6 Å². The molecule has 1 saturated heterocycles. The highest BCUT2D eigenvalue weighted by atomic mass is 28.4. The summed E-state index contributed by atoms with van der Waals surface area (Å²) in [5.74, 6) is -0.293. The average molecular weight is 487 g/mol. The number of aryl methyl sites for hydroxylation is 1. The van der Waals surface area contributed by atoms with Gasteiger partial charge in [-0.25, -0.2) is 4.79 Å². The number of nitrogens with one attached hydrogen (secondary N) is 1. The van der Waals surface area contributed by atoms with Crippen molar-refractivity contribution in [2.45, 2.75) is 103 Å². The van der Waals surface area contributed by atoms with Gasteiger partial charge < -0.3 is 19.1 Å². The molecule has 8 nitrogen and oxygen atoms in total. The second-order valence-corrected chi connectivity index (χ2v) is 21.1. The fourth-order valence-corrected chi connectivity index (χ4v) is 5.82. The van der Waals surface area contributed by atoms with E-state index in [4.69, 9.17) is 9.16 Å². The van der Waals surface area contributed by atoms with Crippen LogP contribution in [0.3, 0.4) is 0 Å². The predicted octanol–water partition coefficient (Wildman–Crippen LogP) is 3.11. The van der Waals surface area contributed by atoms with Gasteiger partial charge >= 0.3 is 5.69 Å². The van der Waals surface area contributed by atoms with Crippen LogP contribution in [0.4, 0.5) is 0 Å². The maximum atomic E-state index is 12.7. The highest BCUT2D eigenvalue weighted by Gasteiger charge is 2.53. The lowest BCUT2D eigenvalue weighted by Crippen LogP contribution is -2.50. The summed E-state index contributed by atoms with van der Waals surface area (Å²) in [6, 6.07) is 0. The third kappa shape index (κ3) is 5.36. The van der Waals surface area contributed by atoms with E-state index < -0.39 is 51.4 Å². The molecule has 2 heterocycles. The number of aliphatic hydroxyl groups is 1. The fourth-order valence-electron chi connectivity index (χ4n) is 3.73. The van der Waals surface area contributed by atoms with Crippen molar-refractivity contribution in [3.05, 3.63) is 32.6 Å². The van der Waals surface area contributed by atoms with Crippen LogP contribution < -0.4 is 11.2 Å². The van der Waals surface area contributed by atoms with E-state index >= 15 is 0 Å². The molecule has 0 bridgehead atoms. The molecule has 2 rings (SSSR count). The number of hydrogen-bond acceptors (Lipinski definition) is 6. The van der Waals surface area contributed by atoms with Crippen LogP contribution in [-0.4, -0.2) is 54.9 Å². The zero-order valence-corrected chi connectivity index (χ0v) is 23.3. The van der Waals surface area contributed by atoms with Gasteiger partial charge in [-0.2, -0.15) is 0 Å².